The van der Waals surface area contributed by atoms with Crippen molar-refractivity contribution in [1.82, 2.24) is 4.90 Å². The molecule has 2 fully saturated rings. The Morgan fingerprint density at radius 3 is 2.69 bits per heavy atom. The molecule has 26 heavy (non-hydrogen) atoms. The average molecular weight is 378 g/mol. The fourth-order valence-electron chi connectivity index (χ4n) is 3.94. The molecule has 1 N–H and O–H groups in total. The molecule has 1 aromatic rings. The van der Waals surface area contributed by atoms with E-state index < -0.39 is 5.97 Å². The lowest BCUT2D eigenvalue weighted by atomic mass is 10.1. The SMILES string of the molecule is COC1CC(CC(=O)O)N(C(=O)c2cc(C)ccc2SC2CCCC2)C1. The Balaban J connectivity index is 1.85. The molecule has 2 aliphatic rings. The normalized spacial score (nSPS) is 23.5. The Kier molecular flexibility index (Phi) is 6.24. The van der Waals surface area contributed by atoms with Crippen LogP contribution in [0, 0.1) is 6.92 Å². The van der Waals surface area contributed by atoms with E-state index in [-0.39, 0.29) is 24.5 Å². The van der Waals surface area contributed by atoms with Crippen LogP contribution < -0.4 is 0 Å². The van der Waals surface area contributed by atoms with Crippen molar-refractivity contribution in [3.8, 4) is 0 Å². The van der Waals surface area contributed by atoms with Crippen LogP contribution >= 0.6 is 11.8 Å². The molecule has 1 amide bonds. The van der Waals surface area contributed by atoms with Gasteiger partial charge in [0.15, 0.2) is 0 Å². The number of carboxylic acid groups (broad SMARTS) is 1. The highest BCUT2D eigenvalue weighted by atomic mass is 32.2. The molecule has 3 rings (SSSR count). The lowest BCUT2D eigenvalue weighted by molar-refractivity contribution is -0.138. The van der Waals surface area contributed by atoms with E-state index in [4.69, 9.17) is 4.74 Å². The molecule has 2 atom stereocenters. The third-order valence-electron chi connectivity index (χ3n) is 5.34. The second kappa shape index (κ2) is 8.44. The summed E-state index contributed by atoms with van der Waals surface area (Å²) in [6.07, 6.45) is 5.35. The molecule has 0 bridgehead atoms. The molecular formula is C20H27NO4S. The Labute approximate surface area is 159 Å². The third-order valence-corrected chi connectivity index (χ3v) is 6.76. The van der Waals surface area contributed by atoms with Gasteiger partial charge in [0.1, 0.15) is 0 Å². The summed E-state index contributed by atoms with van der Waals surface area (Å²) in [5, 5.41) is 9.78. The van der Waals surface area contributed by atoms with Crippen molar-refractivity contribution in [2.75, 3.05) is 13.7 Å². The monoisotopic (exact) mass is 377 g/mol. The predicted octanol–water partition coefficient (Wildman–Crippen LogP) is 3.73. The van der Waals surface area contributed by atoms with Gasteiger partial charge in [-0.1, -0.05) is 24.5 Å². The van der Waals surface area contributed by atoms with E-state index in [9.17, 15) is 14.7 Å². The number of carbonyl (C=O) groups excluding carboxylic acids is 1. The Hall–Kier alpha value is -1.53. The quantitative estimate of drug-likeness (QED) is 0.818. The topological polar surface area (TPSA) is 66.8 Å². The largest absolute Gasteiger partial charge is 0.481 e. The van der Waals surface area contributed by atoms with Crippen molar-refractivity contribution in [2.24, 2.45) is 0 Å². The molecule has 1 aliphatic carbocycles. The molecule has 5 nitrogen and oxygen atoms in total. The zero-order valence-electron chi connectivity index (χ0n) is 15.4. The smallest absolute Gasteiger partial charge is 0.305 e. The van der Waals surface area contributed by atoms with Gasteiger partial charge < -0.3 is 14.7 Å². The maximum absolute atomic E-state index is 13.3. The number of benzene rings is 1. The lowest BCUT2D eigenvalue weighted by Crippen LogP contribution is -2.37. The van der Waals surface area contributed by atoms with Crippen LogP contribution in [0.5, 0.6) is 0 Å². The van der Waals surface area contributed by atoms with Crippen molar-refractivity contribution in [2.45, 2.75) is 67.7 Å². The van der Waals surface area contributed by atoms with E-state index in [1.807, 2.05) is 25.1 Å². The molecule has 142 valence electrons. The number of thioether (sulfide) groups is 1. The van der Waals surface area contributed by atoms with E-state index in [1.165, 1.54) is 25.7 Å². The number of ether oxygens (including phenoxy) is 1. The number of hydrogen-bond donors (Lipinski definition) is 1. The van der Waals surface area contributed by atoms with E-state index >= 15 is 0 Å². The van der Waals surface area contributed by atoms with Gasteiger partial charge in [0.2, 0.25) is 0 Å². The second-order valence-corrected chi connectivity index (χ2v) is 8.67. The first-order chi connectivity index (χ1) is 12.5. The van der Waals surface area contributed by atoms with Crippen LogP contribution in [0.3, 0.4) is 0 Å². The number of carbonyl (C=O) groups is 2. The molecule has 1 aliphatic heterocycles. The average Bonchev–Trinajstić information content (AvgIpc) is 3.25. The number of hydrogen-bond acceptors (Lipinski definition) is 4. The molecule has 1 aromatic carbocycles. The van der Waals surface area contributed by atoms with Crippen LogP contribution in [0.15, 0.2) is 23.1 Å². The summed E-state index contributed by atoms with van der Waals surface area (Å²) in [7, 11) is 1.62. The summed E-state index contributed by atoms with van der Waals surface area (Å²) in [5.74, 6) is -0.950. The molecule has 0 spiro atoms. The minimum atomic E-state index is -0.880. The number of aryl methyl sites for hydroxylation is 1. The van der Waals surface area contributed by atoms with Gasteiger partial charge in [0.25, 0.3) is 5.91 Å². The summed E-state index contributed by atoms with van der Waals surface area (Å²) >= 11 is 1.80. The summed E-state index contributed by atoms with van der Waals surface area (Å²) in [6.45, 7) is 2.44. The third kappa shape index (κ3) is 4.41. The van der Waals surface area contributed by atoms with Crippen molar-refractivity contribution in [3.05, 3.63) is 29.3 Å². The first kappa shape index (κ1) is 19.2. The van der Waals surface area contributed by atoms with Gasteiger partial charge in [-0.2, -0.15) is 0 Å². The number of nitrogens with zero attached hydrogens (tertiary/aromatic N) is 1. The van der Waals surface area contributed by atoms with Gasteiger partial charge in [-0.25, -0.2) is 0 Å². The summed E-state index contributed by atoms with van der Waals surface area (Å²) in [6, 6.07) is 5.72. The zero-order chi connectivity index (χ0) is 18.7. The van der Waals surface area contributed by atoms with Crippen LogP contribution in [0.4, 0.5) is 0 Å². The van der Waals surface area contributed by atoms with Gasteiger partial charge >= 0.3 is 5.97 Å². The van der Waals surface area contributed by atoms with Crippen LogP contribution in [-0.2, 0) is 9.53 Å². The predicted molar refractivity (Wildman–Crippen MR) is 102 cm³/mol. The Morgan fingerprint density at radius 2 is 2.04 bits per heavy atom. The standard InChI is InChI=1S/C20H27NO4S/c1-13-7-8-18(26-16-5-3-4-6-16)17(9-13)20(24)21-12-15(25-2)10-14(21)11-19(22)23/h7-9,14-16H,3-6,10-12H2,1-2H3,(H,22,23). The van der Waals surface area contributed by atoms with Crippen LogP contribution in [0.1, 0.15) is 54.4 Å². The van der Waals surface area contributed by atoms with Gasteiger partial charge in [-0.15, -0.1) is 11.8 Å². The fourth-order valence-corrected chi connectivity index (χ4v) is 5.29. The fraction of sp³-hybridized carbons (Fsp3) is 0.600. The molecule has 1 heterocycles. The first-order valence-electron chi connectivity index (χ1n) is 9.30. The van der Waals surface area contributed by atoms with E-state index in [0.717, 1.165) is 10.5 Å². The van der Waals surface area contributed by atoms with Gasteiger partial charge in [0.05, 0.1) is 18.1 Å². The van der Waals surface area contributed by atoms with Gasteiger partial charge in [-0.3, -0.25) is 9.59 Å². The zero-order valence-corrected chi connectivity index (χ0v) is 16.3. The number of aliphatic carboxylic acids is 1. The summed E-state index contributed by atoms with van der Waals surface area (Å²) < 4.78 is 5.41. The Morgan fingerprint density at radius 1 is 1.31 bits per heavy atom. The minimum Gasteiger partial charge on any atom is -0.481 e. The van der Waals surface area contributed by atoms with Crippen LogP contribution in [0.25, 0.3) is 0 Å². The van der Waals surface area contributed by atoms with Gasteiger partial charge in [0, 0.05) is 29.8 Å². The minimum absolute atomic E-state index is 0.0392. The molecule has 0 aromatic heterocycles. The molecule has 1 saturated carbocycles. The van der Waals surface area contributed by atoms with E-state index in [0.29, 0.717) is 23.8 Å². The van der Waals surface area contributed by atoms with Crippen molar-refractivity contribution < 1.29 is 19.4 Å². The number of carboxylic acids is 1. The van der Waals surface area contributed by atoms with Crippen molar-refractivity contribution in [1.29, 1.82) is 0 Å². The summed E-state index contributed by atoms with van der Waals surface area (Å²) in [5.41, 5.74) is 1.75. The molecule has 0 radical (unpaired) electrons. The molecule has 2 unspecified atom stereocenters. The molecular weight excluding hydrogens is 350 g/mol. The van der Waals surface area contributed by atoms with Crippen molar-refractivity contribution in [3.63, 3.8) is 0 Å². The number of likely N-dealkylation sites (tertiary alicyclic amines) is 1. The van der Waals surface area contributed by atoms with E-state index in [2.05, 4.69) is 0 Å². The van der Waals surface area contributed by atoms with Crippen LogP contribution in [-0.4, -0.2) is 52.9 Å². The van der Waals surface area contributed by atoms with Crippen LogP contribution in [0.2, 0.25) is 0 Å². The second-order valence-electron chi connectivity index (χ2n) is 7.33. The number of methoxy groups -OCH3 is 1. The lowest BCUT2D eigenvalue weighted by Gasteiger charge is -2.25. The highest BCUT2D eigenvalue weighted by Gasteiger charge is 2.37. The van der Waals surface area contributed by atoms with Crippen molar-refractivity contribution >= 4 is 23.6 Å². The van der Waals surface area contributed by atoms with Gasteiger partial charge in [-0.05, 0) is 38.3 Å². The molecule has 6 heteroatoms. The van der Waals surface area contributed by atoms with E-state index in [1.54, 1.807) is 23.8 Å². The Bertz CT molecular complexity index is 672. The highest BCUT2D eigenvalue weighted by molar-refractivity contribution is 8.00. The maximum Gasteiger partial charge on any atom is 0.305 e. The molecule has 1 saturated heterocycles. The summed E-state index contributed by atoms with van der Waals surface area (Å²) in [4.78, 5) is 27.3. The number of amides is 1. The highest BCUT2D eigenvalue weighted by Crippen LogP contribution is 2.37. The maximum atomic E-state index is 13.3. The number of rotatable bonds is 6. The first-order valence-corrected chi connectivity index (χ1v) is 10.2.